The molecule has 34 heavy (non-hydrogen) atoms. The number of hydrogen-bond acceptors (Lipinski definition) is 4. The van der Waals surface area contributed by atoms with Crippen LogP contribution in [0.1, 0.15) is 73.0 Å². The van der Waals surface area contributed by atoms with Crippen molar-refractivity contribution in [2.75, 3.05) is 13.1 Å². The van der Waals surface area contributed by atoms with Crippen LogP contribution in [-0.4, -0.2) is 50.4 Å². The van der Waals surface area contributed by atoms with E-state index in [1.807, 2.05) is 38.1 Å². The largest absolute Gasteiger partial charge is 0.352 e. The topological polar surface area (TPSA) is 100 Å². The second-order valence-electron chi connectivity index (χ2n) is 9.86. The molecule has 1 aliphatic rings. The molecule has 1 saturated heterocycles. The third kappa shape index (κ3) is 5.05. The molecule has 4 rings (SSSR count). The van der Waals surface area contributed by atoms with Gasteiger partial charge in [-0.15, -0.1) is 0 Å². The number of aromatic nitrogens is 3. The molecule has 3 aromatic rings. The fourth-order valence-corrected chi connectivity index (χ4v) is 4.53. The van der Waals surface area contributed by atoms with Gasteiger partial charge in [-0.05, 0) is 44.7 Å². The zero-order chi connectivity index (χ0) is 24.4. The first-order valence-corrected chi connectivity index (χ1v) is 12.0. The second-order valence-corrected chi connectivity index (χ2v) is 9.86. The highest BCUT2D eigenvalue weighted by molar-refractivity contribution is 5.99. The molecule has 180 valence electrons. The standard InChI is InChI=1S/C26H33N5O3/c1-16(2)12-30-14-19(25(33)27-17(3)4)23(32)20(15-30)26(34)31-11-7-8-18(13-31)24-28-21-9-5-6-10-22(21)29-24/h5-6,9-10,14-18H,7-8,11-13H2,1-4H3,(H,27,33)(H,28,29)/t18-/m1/s1. The molecule has 2 N–H and O–H groups in total. The summed E-state index contributed by atoms with van der Waals surface area (Å²) in [4.78, 5) is 49.3. The number of amides is 2. The van der Waals surface area contributed by atoms with Crippen LogP contribution in [0.5, 0.6) is 0 Å². The number of H-pyrrole nitrogens is 1. The highest BCUT2D eigenvalue weighted by Gasteiger charge is 2.30. The smallest absolute Gasteiger partial charge is 0.259 e. The molecule has 0 radical (unpaired) electrons. The fourth-order valence-electron chi connectivity index (χ4n) is 4.53. The number of benzene rings is 1. The number of rotatable bonds is 6. The van der Waals surface area contributed by atoms with Gasteiger partial charge in [-0.25, -0.2) is 4.98 Å². The average Bonchev–Trinajstić information content (AvgIpc) is 3.23. The number of carbonyl (C=O) groups is 2. The van der Waals surface area contributed by atoms with Crippen molar-refractivity contribution in [3.05, 3.63) is 63.8 Å². The lowest BCUT2D eigenvalue weighted by atomic mass is 9.96. The maximum absolute atomic E-state index is 13.6. The number of fused-ring (bicyclic) bond motifs is 1. The number of aromatic amines is 1. The van der Waals surface area contributed by atoms with Gasteiger partial charge in [0.15, 0.2) is 0 Å². The minimum Gasteiger partial charge on any atom is -0.352 e. The van der Waals surface area contributed by atoms with Crippen LogP contribution in [0.2, 0.25) is 0 Å². The van der Waals surface area contributed by atoms with Crippen LogP contribution in [0.15, 0.2) is 41.5 Å². The van der Waals surface area contributed by atoms with Crippen molar-refractivity contribution in [1.82, 2.24) is 24.8 Å². The predicted molar refractivity (Wildman–Crippen MR) is 132 cm³/mol. The Kier molecular flexibility index (Phi) is 6.86. The third-order valence-electron chi connectivity index (χ3n) is 6.05. The number of carbonyl (C=O) groups excluding carboxylic acids is 2. The summed E-state index contributed by atoms with van der Waals surface area (Å²) in [6.07, 6.45) is 4.89. The number of piperidine rings is 1. The summed E-state index contributed by atoms with van der Waals surface area (Å²) in [5.41, 5.74) is 1.41. The van der Waals surface area contributed by atoms with Crippen LogP contribution in [-0.2, 0) is 6.54 Å². The van der Waals surface area contributed by atoms with Gasteiger partial charge in [0, 0.05) is 44.0 Å². The molecule has 2 aromatic heterocycles. The van der Waals surface area contributed by atoms with Crippen molar-refractivity contribution in [2.24, 2.45) is 5.92 Å². The maximum Gasteiger partial charge on any atom is 0.259 e. The van der Waals surface area contributed by atoms with Crippen molar-refractivity contribution in [3.63, 3.8) is 0 Å². The van der Waals surface area contributed by atoms with E-state index in [4.69, 9.17) is 4.98 Å². The first kappa shape index (κ1) is 23.7. The van der Waals surface area contributed by atoms with Gasteiger partial charge in [0.1, 0.15) is 17.0 Å². The minimum atomic E-state index is -0.519. The lowest BCUT2D eigenvalue weighted by Crippen LogP contribution is -2.43. The van der Waals surface area contributed by atoms with Crippen LogP contribution in [0, 0.1) is 5.92 Å². The third-order valence-corrected chi connectivity index (χ3v) is 6.05. The SMILES string of the molecule is CC(C)Cn1cc(C(=O)NC(C)C)c(=O)c(C(=O)N2CCC[C@@H](c3nc4ccccc4[nH]3)C2)c1. The molecule has 1 fully saturated rings. The summed E-state index contributed by atoms with van der Waals surface area (Å²) in [5, 5.41) is 2.78. The summed E-state index contributed by atoms with van der Waals surface area (Å²) in [5.74, 6) is 0.434. The van der Waals surface area contributed by atoms with E-state index in [0.717, 1.165) is 29.7 Å². The van der Waals surface area contributed by atoms with Crippen molar-refractivity contribution >= 4 is 22.8 Å². The maximum atomic E-state index is 13.6. The summed E-state index contributed by atoms with van der Waals surface area (Å²) in [7, 11) is 0. The molecular formula is C26H33N5O3. The van der Waals surface area contributed by atoms with E-state index in [-0.39, 0.29) is 29.0 Å². The molecule has 2 amide bonds. The highest BCUT2D eigenvalue weighted by atomic mass is 16.2. The van der Waals surface area contributed by atoms with Crippen LogP contribution < -0.4 is 10.7 Å². The molecule has 0 bridgehead atoms. The van der Waals surface area contributed by atoms with Crippen LogP contribution >= 0.6 is 0 Å². The number of hydrogen-bond donors (Lipinski definition) is 2. The Morgan fingerprint density at radius 1 is 1.15 bits per heavy atom. The summed E-state index contributed by atoms with van der Waals surface area (Å²) < 4.78 is 1.79. The van der Waals surface area contributed by atoms with Gasteiger partial charge in [-0.1, -0.05) is 26.0 Å². The summed E-state index contributed by atoms with van der Waals surface area (Å²) in [6.45, 7) is 9.43. The van der Waals surface area contributed by atoms with Crippen molar-refractivity contribution < 1.29 is 9.59 Å². The van der Waals surface area contributed by atoms with Gasteiger partial charge in [0.2, 0.25) is 5.43 Å². The molecule has 3 heterocycles. The van der Waals surface area contributed by atoms with Crippen LogP contribution in [0.4, 0.5) is 0 Å². The number of nitrogens with one attached hydrogen (secondary N) is 2. The Morgan fingerprint density at radius 3 is 2.59 bits per heavy atom. The van der Waals surface area contributed by atoms with E-state index in [0.29, 0.717) is 25.6 Å². The lowest BCUT2D eigenvalue weighted by molar-refractivity contribution is 0.0702. The van der Waals surface area contributed by atoms with E-state index in [2.05, 4.69) is 24.1 Å². The zero-order valence-electron chi connectivity index (χ0n) is 20.3. The zero-order valence-corrected chi connectivity index (χ0v) is 20.3. The number of para-hydroxylation sites is 2. The number of imidazole rings is 1. The van der Waals surface area contributed by atoms with Crippen LogP contribution in [0.3, 0.4) is 0 Å². The van der Waals surface area contributed by atoms with Gasteiger partial charge in [-0.2, -0.15) is 0 Å². The molecule has 0 spiro atoms. The molecular weight excluding hydrogens is 430 g/mol. The molecule has 0 unspecified atom stereocenters. The van der Waals surface area contributed by atoms with E-state index in [1.165, 1.54) is 0 Å². The molecule has 0 aliphatic carbocycles. The minimum absolute atomic E-state index is 0.00560. The molecule has 1 aromatic carbocycles. The van der Waals surface area contributed by atoms with Gasteiger partial charge in [0.25, 0.3) is 11.8 Å². The lowest BCUT2D eigenvalue weighted by Gasteiger charge is -2.32. The molecule has 1 aliphatic heterocycles. The van der Waals surface area contributed by atoms with Crippen molar-refractivity contribution in [1.29, 1.82) is 0 Å². The monoisotopic (exact) mass is 463 g/mol. The second kappa shape index (κ2) is 9.83. The first-order chi connectivity index (χ1) is 16.2. The van der Waals surface area contributed by atoms with E-state index < -0.39 is 11.3 Å². The Labute approximate surface area is 199 Å². The Hall–Kier alpha value is -3.42. The number of nitrogens with zero attached hydrogens (tertiary/aromatic N) is 3. The Balaban J connectivity index is 1.63. The van der Waals surface area contributed by atoms with E-state index >= 15 is 0 Å². The Bertz CT molecular complexity index is 1220. The number of likely N-dealkylation sites (tertiary alicyclic amines) is 1. The quantitative estimate of drug-likeness (QED) is 0.584. The first-order valence-electron chi connectivity index (χ1n) is 12.0. The van der Waals surface area contributed by atoms with Crippen LogP contribution in [0.25, 0.3) is 11.0 Å². The predicted octanol–water partition coefficient (Wildman–Crippen LogP) is 3.54. The van der Waals surface area contributed by atoms with Crippen molar-refractivity contribution in [3.8, 4) is 0 Å². The molecule has 1 atom stereocenters. The van der Waals surface area contributed by atoms with Gasteiger partial charge < -0.3 is 19.8 Å². The Morgan fingerprint density at radius 2 is 1.88 bits per heavy atom. The highest BCUT2D eigenvalue weighted by Crippen LogP contribution is 2.27. The normalized spacial score (nSPS) is 16.4. The van der Waals surface area contributed by atoms with Gasteiger partial charge in [0.05, 0.1) is 11.0 Å². The molecule has 8 nitrogen and oxygen atoms in total. The summed E-state index contributed by atoms with van der Waals surface area (Å²) in [6, 6.07) is 7.75. The summed E-state index contributed by atoms with van der Waals surface area (Å²) >= 11 is 0. The van der Waals surface area contributed by atoms with E-state index in [1.54, 1.807) is 21.9 Å². The molecule has 8 heteroatoms. The van der Waals surface area contributed by atoms with Crippen molar-refractivity contribution in [2.45, 2.75) is 59.0 Å². The average molecular weight is 464 g/mol. The number of pyridine rings is 1. The molecule has 0 saturated carbocycles. The fraction of sp³-hybridized carbons (Fsp3) is 0.462. The van der Waals surface area contributed by atoms with E-state index in [9.17, 15) is 14.4 Å². The van der Waals surface area contributed by atoms with Gasteiger partial charge in [-0.3, -0.25) is 14.4 Å². The van der Waals surface area contributed by atoms with Gasteiger partial charge >= 0.3 is 0 Å².